The summed E-state index contributed by atoms with van der Waals surface area (Å²) >= 11 is 1.09. The van der Waals surface area contributed by atoms with E-state index in [0.717, 1.165) is 30.0 Å². The Morgan fingerprint density at radius 3 is 2.84 bits per heavy atom. The molecule has 1 saturated heterocycles. The minimum absolute atomic E-state index is 0.00730. The van der Waals surface area contributed by atoms with E-state index in [9.17, 15) is 28.9 Å². The van der Waals surface area contributed by atoms with Crippen LogP contribution in [0.25, 0.3) is 0 Å². The Kier molecular flexibility index (Phi) is 5.91. The summed E-state index contributed by atoms with van der Waals surface area (Å²) in [6.45, 7) is 1.48. The van der Waals surface area contributed by atoms with Crippen molar-refractivity contribution >= 4 is 40.3 Å². The fraction of sp³-hybridized carbons (Fsp3) is 0.357. The van der Waals surface area contributed by atoms with Crippen molar-refractivity contribution in [3.63, 3.8) is 0 Å². The number of rotatable bonds is 6. The standard InChI is InChI=1S/C14H14FN3O6S/c1-8(24-12(19)7-17-4-5-25-14(17)21)13(20)16-9-2-3-10(15)11(6-9)18(22)23/h2-3,6,8H,4-5,7H2,1H3,(H,16,20)/t8-/m1/s1. The number of nitro benzene ring substituents is 1. The highest BCUT2D eigenvalue weighted by atomic mass is 32.2. The van der Waals surface area contributed by atoms with Gasteiger partial charge in [0.25, 0.3) is 11.1 Å². The average molecular weight is 371 g/mol. The van der Waals surface area contributed by atoms with E-state index in [1.807, 2.05) is 0 Å². The van der Waals surface area contributed by atoms with Gasteiger partial charge in [0.05, 0.1) is 4.92 Å². The fourth-order valence-electron chi connectivity index (χ4n) is 1.99. The molecule has 1 N–H and O–H groups in total. The minimum Gasteiger partial charge on any atom is -0.451 e. The third kappa shape index (κ3) is 4.89. The molecule has 1 aromatic carbocycles. The Hall–Kier alpha value is -2.69. The molecule has 11 heteroatoms. The minimum atomic E-state index is -1.19. The summed E-state index contributed by atoms with van der Waals surface area (Å²) in [4.78, 5) is 46.2. The van der Waals surface area contributed by atoms with Crippen LogP contribution in [-0.2, 0) is 14.3 Å². The molecule has 0 spiro atoms. The molecule has 2 rings (SSSR count). The SMILES string of the molecule is C[C@@H](OC(=O)CN1CCSC1=O)C(=O)Nc1ccc(F)c([N+](=O)[O-])c1. The maximum absolute atomic E-state index is 13.3. The quantitative estimate of drug-likeness (QED) is 0.460. The first-order valence-electron chi connectivity index (χ1n) is 7.14. The Bertz CT molecular complexity index is 729. The Morgan fingerprint density at radius 2 is 2.24 bits per heavy atom. The van der Waals surface area contributed by atoms with E-state index in [0.29, 0.717) is 12.3 Å². The molecule has 0 bridgehead atoms. The van der Waals surface area contributed by atoms with E-state index in [1.54, 1.807) is 0 Å². The number of anilines is 1. The number of nitrogens with zero attached hydrogens (tertiary/aromatic N) is 2. The second-order valence-corrected chi connectivity index (χ2v) is 6.13. The second-order valence-electron chi connectivity index (χ2n) is 5.08. The van der Waals surface area contributed by atoms with Gasteiger partial charge in [0.15, 0.2) is 6.10 Å². The monoisotopic (exact) mass is 371 g/mol. The second kappa shape index (κ2) is 7.92. The Balaban J connectivity index is 1.91. The van der Waals surface area contributed by atoms with Crippen LogP contribution in [0.15, 0.2) is 18.2 Å². The topological polar surface area (TPSA) is 119 Å². The van der Waals surface area contributed by atoms with Crippen molar-refractivity contribution in [1.29, 1.82) is 0 Å². The van der Waals surface area contributed by atoms with Gasteiger partial charge in [-0.05, 0) is 19.1 Å². The van der Waals surface area contributed by atoms with Crippen molar-refractivity contribution in [2.45, 2.75) is 13.0 Å². The number of hydrogen-bond donors (Lipinski definition) is 1. The van der Waals surface area contributed by atoms with Crippen LogP contribution in [-0.4, -0.2) is 51.9 Å². The molecular weight excluding hydrogens is 357 g/mol. The molecule has 9 nitrogen and oxygen atoms in total. The summed E-state index contributed by atoms with van der Waals surface area (Å²) in [5, 5.41) is 12.8. The molecular formula is C14H14FN3O6S. The summed E-state index contributed by atoms with van der Waals surface area (Å²) in [5.41, 5.74) is -0.792. The predicted octanol–water partition coefficient (Wildman–Crippen LogP) is 1.77. The summed E-state index contributed by atoms with van der Waals surface area (Å²) in [6, 6.07) is 2.86. The smallest absolute Gasteiger partial charge is 0.326 e. The molecule has 134 valence electrons. The van der Waals surface area contributed by atoms with Crippen molar-refractivity contribution in [2.75, 3.05) is 24.2 Å². The van der Waals surface area contributed by atoms with Crippen molar-refractivity contribution in [3.05, 3.63) is 34.1 Å². The molecule has 1 atom stereocenters. The number of ether oxygens (including phenoxy) is 1. The molecule has 0 radical (unpaired) electrons. The first-order valence-corrected chi connectivity index (χ1v) is 8.12. The molecule has 1 heterocycles. The van der Waals surface area contributed by atoms with E-state index in [4.69, 9.17) is 4.74 Å². The summed E-state index contributed by atoms with van der Waals surface area (Å²) in [6.07, 6.45) is -1.19. The van der Waals surface area contributed by atoms with Gasteiger partial charge >= 0.3 is 11.7 Å². The predicted molar refractivity (Wildman–Crippen MR) is 86.7 cm³/mol. The maximum Gasteiger partial charge on any atom is 0.326 e. The molecule has 1 aliphatic heterocycles. The lowest BCUT2D eigenvalue weighted by Gasteiger charge is -2.17. The maximum atomic E-state index is 13.3. The van der Waals surface area contributed by atoms with Crippen molar-refractivity contribution in [2.24, 2.45) is 0 Å². The van der Waals surface area contributed by atoms with Crippen molar-refractivity contribution < 1.29 is 28.4 Å². The third-order valence-corrected chi connectivity index (χ3v) is 4.14. The number of esters is 1. The zero-order chi connectivity index (χ0) is 18.6. The molecule has 0 aromatic heterocycles. The van der Waals surface area contributed by atoms with Gasteiger partial charge in [0, 0.05) is 24.1 Å². The average Bonchev–Trinajstić information content (AvgIpc) is 2.93. The Labute approximate surface area is 145 Å². The number of nitro groups is 1. The number of carbonyl (C=O) groups excluding carboxylic acids is 3. The van der Waals surface area contributed by atoms with E-state index in [2.05, 4.69) is 5.32 Å². The fourth-order valence-corrected chi connectivity index (χ4v) is 2.81. The van der Waals surface area contributed by atoms with Gasteiger partial charge in [-0.15, -0.1) is 0 Å². The van der Waals surface area contributed by atoms with Crippen LogP contribution in [0.1, 0.15) is 6.92 Å². The van der Waals surface area contributed by atoms with Crippen LogP contribution in [0, 0.1) is 15.9 Å². The van der Waals surface area contributed by atoms with Crippen molar-refractivity contribution in [3.8, 4) is 0 Å². The number of hydrogen-bond acceptors (Lipinski definition) is 7. The zero-order valence-corrected chi connectivity index (χ0v) is 13.9. The van der Waals surface area contributed by atoms with Crippen LogP contribution >= 0.6 is 11.8 Å². The molecule has 25 heavy (non-hydrogen) atoms. The summed E-state index contributed by atoms with van der Waals surface area (Å²) in [5.74, 6) is -1.93. The zero-order valence-electron chi connectivity index (χ0n) is 13.1. The Morgan fingerprint density at radius 1 is 1.52 bits per heavy atom. The van der Waals surface area contributed by atoms with Gasteiger partial charge in [-0.3, -0.25) is 24.5 Å². The van der Waals surface area contributed by atoms with E-state index in [1.165, 1.54) is 11.8 Å². The van der Waals surface area contributed by atoms with Gasteiger partial charge in [0.2, 0.25) is 5.82 Å². The molecule has 0 unspecified atom stereocenters. The molecule has 1 aliphatic rings. The molecule has 1 aromatic rings. The number of amides is 2. The lowest BCUT2D eigenvalue weighted by atomic mass is 10.2. The van der Waals surface area contributed by atoms with Gasteiger partial charge in [-0.1, -0.05) is 11.8 Å². The van der Waals surface area contributed by atoms with E-state index in [-0.39, 0.29) is 17.5 Å². The lowest BCUT2D eigenvalue weighted by Crippen LogP contribution is -2.36. The van der Waals surface area contributed by atoms with Gasteiger partial charge in [0.1, 0.15) is 6.54 Å². The number of benzene rings is 1. The first-order chi connectivity index (χ1) is 11.8. The van der Waals surface area contributed by atoms with Gasteiger partial charge < -0.3 is 15.0 Å². The lowest BCUT2D eigenvalue weighted by molar-refractivity contribution is -0.387. The van der Waals surface area contributed by atoms with E-state index >= 15 is 0 Å². The van der Waals surface area contributed by atoms with Crippen LogP contribution in [0.2, 0.25) is 0 Å². The number of thioether (sulfide) groups is 1. The number of nitrogens with one attached hydrogen (secondary N) is 1. The molecule has 1 fully saturated rings. The van der Waals surface area contributed by atoms with Crippen LogP contribution < -0.4 is 5.32 Å². The molecule has 0 aliphatic carbocycles. The number of carbonyl (C=O) groups is 3. The largest absolute Gasteiger partial charge is 0.451 e. The molecule has 2 amide bonds. The highest BCUT2D eigenvalue weighted by Gasteiger charge is 2.26. The summed E-state index contributed by atoms with van der Waals surface area (Å²) < 4.78 is 18.2. The summed E-state index contributed by atoms with van der Waals surface area (Å²) in [7, 11) is 0. The van der Waals surface area contributed by atoms with Crippen LogP contribution in [0.4, 0.5) is 20.6 Å². The highest BCUT2D eigenvalue weighted by molar-refractivity contribution is 8.13. The molecule has 0 saturated carbocycles. The highest BCUT2D eigenvalue weighted by Crippen LogP contribution is 2.22. The first kappa shape index (κ1) is 18.6. The van der Waals surface area contributed by atoms with E-state index < -0.39 is 34.4 Å². The van der Waals surface area contributed by atoms with Gasteiger partial charge in [-0.2, -0.15) is 4.39 Å². The number of halogens is 1. The van der Waals surface area contributed by atoms with Crippen molar-refractivity contribution in [1.82, 2.24) is 4.90 Å². The van der Waals surface area contributed by atoms with Crippen LogP contribution in [0.3, 0.4) is 0 Å². The third-order valence-electron chi connectivity index (χ3n) is 3.25. The normalized spacial score (nSPS) is 15.0. The van der Waals surface area contributed by atoms with Crippen LogP contribution in [0.5, 0.6) is 0 Å². The van der Waals surface area contributed by atoms with Gasteiger partial charge in [-0.25, -0.2) is 0 Å².